The van der Waals surface area contributed by atoms with Gasteiger partial charge in [0.25, 0.3) is 0 Å². The van der Waals surface area contributed by atoms with Gasteiger partial charge >= 0.3 is 18.2 Å². The molecule has 4 bridgehead atoms. The normalized spacial score (nSPS) is 28.3. The van der Waals surface area contributed by atoms with Crippen molar-refractivity contribution >= 4 is 29.6 Å². The van der Waals surface area contributed by atoms with Gasteiger partial charge < -0.3 is 25.4 Å². The van der Waals surface area contributed by atoms with Crippen molar-refractivity contribution in [1.82, 2.24) is 4.90 Å². The van der Waals surface area contributed by atoms with Crippen molar-refractivity contribution in [3.05, 3.63) is 119 Å². The van der Waals surface area contributed by atoms with E-state index < -0.39 is 17.7 Å². The van der Waals surface area contributed by atoms with Gasteiger partial charge in [-0.25, -0.2) is 9.59 Å². The molecule has 0 aromatic heterocycles. The number of anilines is 2. The number of ether oxygens (including phenoxy) is 2. The summed E-state index contributed by atoms with van der Waals surface area (Å²) in [6.07, 6.45) is 8.23. The number of carbonyl (C=O) groups excluding carboxylic acids is 3. The maximum absolute atomic E-state index is 13.2. The summed E-state index contributed by atoms with van der Waals surface area (Å²) in [5.74, 6) is 0.984. The zero-order valence-electron chi connectivity index (χ0n) is 36.4. The number of nitrogens with one attached hydrogen (secondary N) is 1. The van der Waals surface area contributed by atoms with Crippen LogP contribution in [0.1, 0.15) is 106 Å². The van der Waals surface area contributed by atoms with E-state index in [0.29, 0.717) is 23.2 Å². The number of nitrogens with two attached hydrogens (primary N) is 1. The average molecular weight is 842 g/mol. The standard InChI is InChI=1S/C37H46N2O6.C13H13N.CO2/c1-33(2,3)35(5,43)26-19-36-15-14-34(26,4)31-37(36)16-17-39(20-21-6-7-21)27(36)18-23-10-13-25(29(45-31)28(23)37)44-32(42)38-24-11-8-22(9-12-24)30(40)41;14-13-8-6-12(7-9-13)10-11-4-2-1-3-5-11;2-1-3/h8-13,21,26-27,31,43H,6-7,14-20H2,1-5H3,(H,38,42)(H,40,41);1-9H,10,14H2;/t26-,27+,31-,34+,35?,36+,37-;;/m0../s1. The molecule has 11 rings (SSSR count). The number of fused-ring (bicyclic) bond motifs is 2. The minimum atomic E-state index is -1.02. The first-order valence-corrected chi connectivity index (χ1v) is 22.0. The summed E-state index contributed by atoms with van der Waals surface area (Å²) in [4.78, 5) is 43.5. The SMILES string of the molecule is CC(C)(C)C(C)(O)[C@H]1C[C@@]23CC[C@@]1(C)[C@@H]1Oc4c(OC(=O)Nc5ccc(C(=O)O)cc5)ccc5c4[C@@]12CCN(CC1CC1)[C@@H]3C5.Nc1ccc(Cc2ccccc2)cc1.O=C=O. The topological polar surface area (TPSA) is 168 Å². The Labute approximate surface area is 364 Å². The fourth-order valence-corrected chi connectivity index (χ4v) is 12.2. The second kappa shape index (κ2) is 16.0. The van der Waals surface area contributed by atoms with Gasteiger partial charge in [-0.3, -0.25) is 10.2 Å². The molecule has 2 spiro atoms. The molecule has 2 heterocycles. The Hall–Kier alpha value is -5.48. The number of nitrogen functional groups attached to an aromatic ring is 1. The summed E-state index contributed by atoms with van der Waals surface area (Å²) >= 11 is 0. The lowest BCUT2D eigenvalue weighted by molar-refractivity contribution is -0.276. The van der Waals surface area contributed by atoms with Gasteiger partial charge in [-0.05, 0) is 141 Å². The van der Waals surface area contributed by atoms with Crippen molar-refractivity contribution in [1.29, 1.82) is 0 Å². The number of hydrogen-bond acceptors (Lipinski definition) is 9. The van der Waals surface area contributed by atoms with Gasteiger partial charge in [-0.2, -0.15) is 9.59 Å². The van der Waals surface area contributed by atoms with Crippen LogP contribution in [0, 0.1) is 28.1 Å². The summed E-state index contributed by atoms with van der Waals surface area (Å²) in [6.45, 7) is 13.1. The highest BCUT2D eigenvalue weighted by molar-refractivity contribution is 5.90. The molecule has 4 aromatic carbocycles. The predicted octanol–water partition coefficient (Wildman–Crippen LogP) is 8.91. The highest BCUT2D eigenvalue weighted by Gasteiger charge is 2.80. The maximum atomic E-state index is 13.2. The van der Waals surface area contributed by atoms with Gasteiger partial charge in [-0.1, -0.05) is 76.2 Å². The summed E-state index contributed by atoms with van der Waals surface area (Å²) in [7, 11) is 0. The number of aromatic carboxylic acids is 1. The Morgan fingerprint density at radius 2 is 1.58 bits per heavy atom. The van der Waals surface area contributed by atoms with Crippen molar-refractivity contribution < 1.29 is 38.9 Å². The molecule has 5 N–H and O–H groups in total. The molecule has 4 saturated carbocycles. The van der Waals surface area contributed by atoms with Gasteiger partial charge in [0.2, 0.25) is 0 Å². The molecule has 1 unspecified atom stereocenters. The Kier molecular flexibility index (Phi) is 11.2. The lowest BCUT2D eigenvalue weighted by atomic mass is 9.31. The first kappa shape index (κ1) is 43.2. The second-order valence-corrected chi connectivity index (χ2v) is 20.0. The van der Waals surface area contributed by atoms with Crippen molar-refractivity contribution in [2.75, 3.05) is 24.1 Å². The van der Waals surface area contributed by atoms with Crippen molar-refractivity contribution in [2.45, 2.75) is 109 Å². The van der Waals surface area contributed by atoms with Crippen LogP contribution in [0.3, 0.4) is 0 Å². The monoisotopic (exact) mass is 841 g/mol. The number of nitrogens with zero attached hydrogens (tertiary/aromatic N) is 1. The number of carbonyl (C=O) groups is 2. The van der Waals surface area contributed by atoms with Crippen LogP contribution in [-0.2, 0) is 27.8 Å². The van der Waals surface area contributed by atoms with Crippen LogP contribution >= 0.6 is 0 Å². The molecule has 4 aromatic rings. The van der Waals surface area contributed by atoms with Gasteiger partial charge in [0.15, 0.2) is 11.5 Å². The highest BCUT2D eigenvalue weighted by Crippen LogP contribution is 2.79. The summed E-state index contributed by atoms with van der Waals surface area (Å²) < 4.78 is 13.2. The van der Waals surface area contributed by atoms with E-state index >= 15 is 0 Å². The first-order chi connectivity index (χ1) is 29.5. The summed E-state index contributed by atoms with van der Waals surface area (Å²) in [5.41, 5.74) is 10.6. The fraction of sp³-hybridized carbons (Fsp3) is 0.471. The van der Waals surface area contributed by atoms with E-state index in [1.165, 1.54) is 53.8 Å². The van der Waals surface area contributed by atoms with E-state index in [-0.39, 0.29) is 45.4 Å². The third kappa shape index (κ3) is 7.27. The van der Waals surface area contributed by atoms with Crippen LogP contribution in [0.15, 0.2) is 91.0 Å². The van der Waals surface area contributed by atoms with E-state index in [4.69, 9.17) is 24.8 Å². The number of rotatable bonds is 8. The summed E-state index contributed by atoms with van der Waals surface area (Å²) in [5, 5.41) is 24.3. The molecule has 1 saturated heterocycles. The smallest absolute Gasteiger partial charge is 0.417 e. The first-order valence-electron chi connectivity index (χ1n) is 22.0. The Balaban J connectivity index is 0.000000261. The fourth-order valence-electron chi connectivity index (χ4n) is 12.2. The van der Waals surface area contributed by atoms with E-state index in [0.717, 1.165) is 56.7 Å². The van der Waals surface area contributed by atoms with Gasteiger partial charge in [0.05, 0.1) is 11.2 Å². The molecule has 2 aliphatic heterocycles. The van der Waals surface area contributed by atoms with Crippen LogP contribution < -0.4 is 20.5 Å². The van der Waals surface area contributed by atoms with E-state index in [1.807, 2.05) is 24.3 Å². The molecule has 326 valence electrons. The van der Waals surface area contributed by atoms with E-state index in [9.17, 15) is 19.8 Å². The Morgan fingerprint density at radius 1 is 0.919 bits per heavy atom. The molecular formula is C51H59N3O8. The lowest BCUT2D eigenvalue weighted by Crippen LogP contribution is -2.80. The molecule has 7 aliphatic rings. The van der Waals surface area contributed by atoms with Gasteiger partial charge in [-0.15, -0.1) is 0 Å². The van der Waals surface area contributed by atoms with Crippen molar-refractivity contribution in [2.24, 2.45) is 28.1 Å². The minimum Gasteiger partial charge on any atom is -0.485 e. The van der Waals surface area contributed by atoms with Crippen LogP contribution in [0.25, 0.3) is 0 Å². The Bertz CT molecular complexity index is 2350. The van der Waals surface area contributed by atoms with Crippen LogP contribution in [0.5, 0.6) is 11.5 Å². The largest absolute Gasteiger partial charge is 0.485 e. The third-order valence-corrected chi connectivity index (χ3v) is 15.8. The molecule has 11 heteroatoms. The molecule has 5 fully saturated rings. The van der Waals surface area contributed by atoms with Crippen LogP contribution in [-0.4, -0.2) is 64.2 Å². The number of hydrogen-bond donors (Lipinski definition) is 4. The number of aliphatic hydroxyl groups is 1. The van der Waals surface area contributed by atoms with Crippen LogP contribution in [0.2, 0.25) is 0 Å². The van der Waals surface area contributed by atoms with Gasteiger partial charge in [0, 0.05) is 45.8 Å². The summed E-state index contributed by atoms with van der Waals surface area (Å²) in [6, 6.07) is 28.9. The van der Waals surface area contributed by atoms with Crippen LogP contribution in [0.4, 0.5) is 16.2 Å². The quantitative estimate of drug-likeness (QED) is 0.126. The van der Waals surface area contributed by atoms with Gasteiger partial charge in [0.1, 0.15) is 6.10 Å². The number of carboxylic acid groups (broad SMARTS) is 1. The predicted molar refractivity (Wildman–Crippen MR) is 235 cm³/mol. The molecule has 0 radical (unpaired) electrons. The molecular weight excluding hydrogens is 783 g/mol. The second-order valence-electron chi connectivity index (χ2n) is 20.0. The number of carboxylic acids is 1. The number of piperidine rings is 1. The van der Waals surface area contributed by atoms with E-state index in [2.05, 4.69) is 87.3 Å². The van der Waals surface area contributed by atoms with Crippen molar-refractivity contribution in [3.8, 4) is 11.5 Å². The zero-order chi connectivity index (χ0) is 44.2. The maximum Gasteiger partial charge on any atom is 0.417 e. The Morgan fingerprint density at radius 3 is 2.21 bits per heavy atom. The minimum absolute atomic E-state index is 0.0203. The molecule has 5 aliphatic carbocycles. The highest BCUT2D eigenvalue weighted by atomic mass is 16.6. The average Bonchev–Trinajstić information content (AvgIpc) is 3.98. The molecule has 11 nitrogen and oxygen atoms in total. The third-order valence-electron chi connectivity index (χ3n) is 15.8. The molecule has 1 amide bonds. The zero-order valence-corrected chi connectivity index (χ0v) is 36.4. The van der Waals surface area contributed by atoms with Crippen molar-refractivity contribution in [3.63, 3.8) is 0 Å². The number of benzene rings is 4. The number of likely N-dealkylation sites (tertiary alicyclic amines) is 1. The molecule has 7 atom stereocenters. The lowest BCUT2D eigenvalue weighted by Gasteiger charge is -2.75. The molecule has 62 heavy (non-hydrogen) atoms. The number of amides is 1. The van der Waals surface area contributed by atoms with E-state index in [1.54, 1.807) is 12.1 Å².